The second-order valence-electron chi connectivity index (χ2n) is 5.80. The van der Waals surface area contributed by atoms with E-state index >= 15 is 0 Å². The van der Waals surface area contributed by atoms with Gasteiger partial charge in [-0.25, -0.2) is 14.1 Å². The molecule has 128 valence electrons. The fraction of sp³-hybridized carbons (Fsp3) is 0.412. The predicted octanol–water partition coefficient (Wildman–Crippen LogP) is 2.01. The molecule has 0 atom stereocenters. The summed E-state index contributed by atoms with van der Waals surface area (Å²) in [4.78, 5) is 4.62. The molecule has 1 fully saturated rings. The molecule has 1 aliphatic carbocycles. The number of halogens is 1. The normalized spacial score (nSPS) is 14.9. The van der Waals surface area contributed by atoms with Crippen LogP contribution >= 0.6 is 0 Å². The molecular formula is C17H21FN4O2. The number of aliphatic hydroxyl groups excluding tert-OH is 1. The van der Waals surface area contributed by atoms with Gasteiger partial charge in [0.2, 0.25) is 0 Å². The van der Waals surface area contributed by atoms with Crippen LogP contribution in [-0.2, 0) is 6.54 Å². The summed E-state index contributed by atoms with van der Waals surface area (Å²) in [6.07, 6.45) is 2.73. The third-order valence-corrected chi connectivity index (χ3v) is 3.91. The van der Waals surface area contributed by atoms with E-state index in [0.717, 1.165) is 24.2 Å². The van der Waals surface area contributed by atoms with Crippen molar-refractivity contribution in [2.24, 2.45) is 5.73 Å². The maximum atomic E-state index is 12.5. The molecule has 0 unspecified atom stereocenters. The Bertz CT molecular complexity index is 708. The maximum absolute atomic E-state index is 12.5. The summed E-state index contributed by atoms with van der Waals surface area (Å²) in [7, 11) is 0. The van der Waals surface area contributed by atoms with Gasteiger partial charge in [0.15, 0.2) is 5.82 Å². The first-order valence-electron chi connectivity index (χ1n) is 8.02. The summed E-state index contributed by atoms with van der Waals surface area (Å²) < 4.78 is 19.7. The predicted molar refractivity (Wildman–Crippen MR) is 88.3 cm³/mol. The number of aromatic nitrogens is 3. The number of ether oxygens (including phenoxy) is 1. The number of nitrogens with zero attached hydrogens (tertiary/aromatic N) is 3. The number of aliphatic hydroxyl groups is 1. The molecule has 3 N–H and O–H groups in total. The van der Waals surface area contributed by atoms with E-state index in [0.29, 0.717) is 35.9 Å². The van der Waals surface area contributed by atoms with Gasteiger partial charge in [-0.3, -0.25) is 0 Å². The van der Waals surface area contributed by atoms with Crippen molar-refractivity contribution in [2.75, 3.05) is 19.8 Å². The second kappa shape index (κ2) is 7.55. The quantitative estimate of drug-likeness (QED) is 0.772. The molecule has 1 aromatic heterocycles. The Hall–Kier alpha value is -2.25. The van der Waals surface area contributed by atoms with E-state index in [9.17, 15) is 4.39 Å². The second-order valence-corrected chi connectivity index (χ2v) is 5.80. The zero-order chi connectivity index (χ0) is 16.9. The van der Waals surface area contributed by atoms with Gasteiger partial charge in [0.25, 0.3) is 0 Å². The lowest BCUT2D eigenvalue weighted by atomic mass is 10.2. The minimum Gasteiger partial charge on any atom is -0.489 e. The summed E-state index contributed by atoms with van der Waals surface area (Å²) in [6, 6.07) is 7.33. The van der Waals surface area contributed by atoms with Crippen molar-refractivity contribution in [1.82, 2.24) is 14.8 Å². The Balaban J connectivity index is 1.72. The van der Waals surface area contributed by atoms with Crippen LogP contribution in [0.2, 0.25) is 0 Å². The smallest absolute Gasteiger partial charge is 0.181 e. The standard InChI is InChI=1S/C17H21FN4O2/c18-9-12(10-19)11-24-15-5-3-13(4-6-15)16-20-17(14-1-2-14)22(21-16)7-8-23/h3-6,9,14,23H,1-2,7-8,10-11,19H2/b12-9-. The van der Waals surface area contributed by atoms with Gasteiger partial charge in [-0.2, -0.15) is 5.10 Å². The molecule has 24 heavy (non-hydrogen) atoms. The first kappa shape index (κ1) is 16.6. The zero-order valence-corrected chi connectivity index (χ0v) is 13.4. The van der Waals surface area contributed by atoms with Crippen LogP contribution in [0.1, 0.15) is 24.6 Å². The number of benzene rings is 1. The van der Waals surface area contributed by atoms with Crippen LogP contribution in [0.4, 0.5) is 4.39 Å². The van der Waals surface area contributed by atoms with Crippen molar-refractivity contribution in [3.05, 3.63) is 42.0 Å². The van der Waals surface area contributed by atoms with Gasteiger partial charge < -0.3 is 15.6 Å². The van der Waals surface area contributed by atoms with Gasteiger partial charge in [-0.1, -0.05) is 0 Å². The van der Waals surface area contributed by atoms with Crippen LogP contribution < -0.4 is 10.5 Å². The van der Waals surface area contributed by atoms with Crippen LogP contribution in [0.15, 0.2) is 36.2 Å². The minimum atomic E-state index is 0.0425. The van der Waals surface area contributed by atoms with Gasteiger partial charge in [-0.05, 0) is 37.1 Å². The lowest BCUT2D eigenvalue weighted by Gasteiger charge is -2.07. The molecule has 2 aromatic rings. The number of hydrogen-bond donors (Lipinski definition) is 2. The maximum Gasteiger partial charge on any atom is 0.181 e. The van der Waals surface area contributed by atoms with Crippen molar-refractivity contribution < 1.29 is 14.2 Å². The highest BCUT2D eigenvalue weighted by Crippen LogP contribution is 2.39. The Labute approximate surface area is 139 Å². The van der Waals surface area contributed by atoms with E-state index < -0.39 is 0 Å². The molecule has 1 saturated carbocycles. The van der Waals surface area contributed by atoms with Crippen LogP contribution in [0.3, 0.4) is 0 Å². The summed E-state index contributed by atoms with van der Waals surface area (Å²) >= 11 is 0. The van der Waals surface area contributed by atoms with Crippen molar-refractivity contribution in [3.63, 3.8) is 0 Å². The Morgan fingerprint density at radius 1 is 1.38 bits per heavy atom. The van der Waals surface area contributed by atoms with E-state index in [1.807, 2.05) is 12.1 Å². The average Bonchev–Trinajstić information content (AvgIpc) is 3.37. The summed E-state index contributed by atoms with van der Waals surface area (Å²) in [6.45, 7) is 0.755. The SMILES string of the molecule is NC/C(=C/F)COc1ccc(-c2nc(C3CC3)n(CCO)n2)cc1. The van der Waals surface area contributed by atoms with Crippen LogP contribution in [0.5, 0.6) is 5.75 Å². The Kier molecular flexibility index (Phi) is 5.22. The zero-order valence-electron chi connectivity index (χ0n) is 13.4. The first-order valence-corrected chi connectivity index (χ1v) is 8.02. The topological polar surface area (TPSA) is 86.2 Å². The lowest BCUT2D eigenvalue weighted by molar-refractivity contribution is 0.267. The monoisotopic (exact) mass is 332 g/mol. The summed E-state index contributed by atoms with van der Waals surface area (Å²) in [5.41, 5.74) is 6.67. The van der Waals surface area contributed by atoms with E-state index in [4.69, 9.17) is 15.6 Å². The van der Waals surface area contributed by atoms with Crippen molar-refractivity contribution in [2.45, 2.75) is 25.3 Å². The van der Waals surface area contributed by atoms with Gasteiger partial charge in [0.1, 0.15) is 18.2 Å². The van der Waals surface area contributed by atoms with E-state index in [1.54, 1.807) is 16.8 Å². The molecule has 1 heterocycles. The number of rotatable bonds is 8. The van der Waals surface area contributed by atoms with E-state index in [1.165, 1.54) is 0 Å². The molecule has 7 heteroatoms. The minimum absolute atomic E-state index is 0.0425. The average molecular weight is 332 g/mol. The largest absolute Gasteiger partial charge is 0.489 e. The Morgan fingerprint density at radius 2 is 2.12 bits per heavy atom. The van der Waals surface area contributed by atoms with E-state index in [2.05, 4.69) is 10.1 Å². The molecule has 0 spiro atoms. The third-order valence-electron chi connectivity index (χ3n) is 3.91. The summed E-state index contributed by atoms with van der Waals surface area (Å²) in [5, 5.41) is 13.7. The first-order chi connectivity index (χ1) is 11.7. The fourth-order valence-corrected chi connectivity index (χ4v) is 2.39. The Morgan fingerprint density at radius 3 is 2.71 bits per heavy atom. The van der Waals surface area contributed by atoms with Gasteiger partial charge in [0.05, 0.1) is 19.5 Å². The fourth-order valence-electron chi connectivity index (χ4n) is 2.39. The molecule has 0 amide bonds. The highest BCUT2D eigenvalue weighted by Gasteiger charge is 2.29. The molecule has 1 aliphatic rings. The molecule has 0 saturated heterocycles. The van der Waals surface area contributed by atoms with Crippen molar-refractivity contribution in [1.29, 1.82) is 0 Å². The van der Waals surface area contributed by atoms with Crippen LogP contribution in [0.25, 0.3) is 11.4 Å². The van der Waals surface area contributed by atoms with Crippen LogP contribution in [0, 0.1) is 0 Å². The van der Waals surface area contributed by atoms with Crippen LogP contribution in [-0.4, -0.2) is 39.6 Å². The van der Waals surface area contributed by atoms with Crippen molar-refractivity contribution in [3.8, 4) is 17.1 Å². The molecule has 0 aliphatic heterocycles. The van der Waals surface area contributed by atoms with Gasteiger partial charge >= 0.3 is 0 Å². The van der Waals surface area contributed by atoms with Gasteiger partial charge in [-0.15, -0.1) is 0 Å². The molecule has 0 bridgehead atoms. The molecular weight excluding hydrogens is 311 g/mol. The third kappa shape index (κ3) is 3.80. The summed E-state index contributed by atoms with van der Waals surface area (Å²) in [5.74, 6) is 2.68. The van der Waals surface area contributed by atoms with Crippen molar-refractivity contribution >= 4 is 0 Å². The van der Waals surface area contributed by atoms with E-state index in [-0.39, 0.29) is 19.8 Å². The molecule has 3 rings (SSSR count). The lowest BCUT2D eigenvalue weighted by Crippen LogP contribution is -2.10. The van der Waals surface area contributed by atoms with Gasteiger partial charge in [0, 0.05) is 23.6 Å². The highest BCUT2D eigenvalue weighted by atomic mass is 19.1. The molecule has 1 aromatic carbocycles. The highest BCUT2D eigenvalue weighted by molar-refractivity contribution is 5.56. The molecule has 6 nitrogen and oxygen atoms in total. The number of nitrogens with two attached hydrogens (primary N) is 1. The molecule has 0 radical (unpaired) electrons. The number of hydrogen-bond acceptors (Lipinski definition) is 5.